The van der Waals surface area contributed by atoms with E-state index in [0.29, 0.717) is 43.4 Å². The minimum absolute atomic E-state index is 0.0136. The number of piperazine rings is 1. The second-order valence-corrected chi connectivity index (χ2v) is 10.3. The average Bonchev–Trinajstić information content (AvgIpc) is 3.33. The van der Waals surface area contributed by atoms with Crippen molar-refractivity contribution in [1.29, 1.82) is 0 Å². The number of hydrogen-bond acceptors (Lipinski definition) is 5. The summed E-state index contributed by atoms with van der Waals surface area (Å²) in [7, 11) is 0. The van der Waals surface area contributed by atoms with Gasteiger partial charge >= 0.3 is 6.18 Å². The minimum Gasteiger partial charge on any atom is -0.364 e. The lowest BCUT2D eigenvalue weighted by Crippen LogP contribution is -2.57. The molecule has 1 aromatic carbocycles. The molecule has 11 heteroatoms. The van der Waals surface area contributed by atoms with Gasteiger partial charge in [0.05, 0.1) is 23.0 Å². The molecule has 2 aromatic heterocycles. The van der Waals surface area contributed by atoms with Gasteiger partial charge in [-0.05, 0) is 57.7 Å². The summed E-state index contributed by atoms with van der Waals surface area (Å²) in [4.78, 5) is 17.1. The van der Waals surface area contributed by atoms with Crippen LogP contribution < -0.4 is 10.5 Å². The quantitative estimate of drug-likeness (QED) is 0.425. The third kappa shape index (κ3) is 4.82. The van der Waals surface area contributed by atoms with Crippen LogP contribution in [0.5, 0.6) is 0 Å². The van der Waals surface area contributed by atoms with Gasteiger partial charge in [-0.1, -0.05) is 6.07 Å². The zero-order chi connectivity index (χ0) is 29.9. The molecule has 2 unspecified atom stereocenters. The molecular weight excluding hydrogens is 502 g/mol. The van der Waals surface area contributed by atoms with E-state index in [1.54, 1.807) is 17.8 Å². The normalized spacial score (nSPS) is 25.7. The Morgan fingerprint density at radius 2 is 1.95 bits per heavy atom. The second kappa shape index (κ2) is 10.00. The second-order valence-electron chi connectivity index (χ2n) is 10.3. The van der Waals surface area contributed by atoms with Crippen LogP contribution in [0.25, 0.3) is 11.0 Å². The number of anilines is 1. The first-order valence-corrected chi connectivity index (χ1v) is 12.8. The fourth-order valence-corrected chi connectivity index (χ4v) is 5.74. The molecule has 3 aromatic rings. The highest BCUT2D eigenvalue weighted by molar-refractivity contribution is 5.88. The predicted octanol–water partition coefficient (Wildman–Crippen LogP) is 5.25. The smallest absolute Gasteiger partial charge is 0.364 e. The summed E-state index contributed by atoms with van der Waals surface area (Å²) in [5.74, 6) is -0.951. The summed E-state index contributed by atoms with van der Waals surface area (Å²) < 4.78 is 87.1. The van der Waals surface area contributed by atoms with Crippen molar-refractivity contribution in [3.8, 4) is 0 Å². The van der Waals surface area contributed by atoms with Crippen LogP contribution in [0.4, 0.5) is 23.2 Å². The number of fused-ring (bicyclic) bond motifs is 1. The zero-order valence-corrected chi connectivity index (χ0v) is 21.5. The van der Waals surface area contributed by atoms with Gasteiger partial charge in [0, 0.05) is 55.0 Å². The first kappa shape index (κ1) is 23.0. The van der Waals surface area contributed by atoms with Gasteiger partial charge in [0.1, 0.15) is 17.6 Å². The molecule has 4 atom stereocenters. The lowest BCUT2D eigenvalue weighted by molar-refractivity contribution is -0.139. The van der Waals surface area contributed by atoms with Crippen molar-refractivity contribution in [1.82, 2.24) is 19.2 Å². The lowest BCUT2D eigenvalue weighted by atomic mass is 9.96. The molecule has 7 nitrogen and oxygen atoms in total. The maximum absolute atomic E-state index is 13.8. The number of halogens is 4. The Hall–Kier alpha value is -2.92. The van der Waals surface area contributed by atoms with Crippen LogP contribution in [0.3, 0.4) is 0 Å². The third-order valence-electron chi connectivity index (χ3n) is 7.74. The Balaban J connectivity index is 1.52. The van der Waals surface area contributed by atoms with E-state index in [-0.39, 0.29) is 29.4 Å². The van der Waals surface area contributed by atoms with Gasteiger partial charge in [0.25, 0.3) is 5.56 Å². The van der Waals surface area contributed by atoms with E-state index < -0.39 is 36.1 Å². The van der Waals surface area contributed by atoms with Gasteiger partial charge in [0.15, 0.2) is 0 Å². The number of benzene rings is 1. The van der Waals surface area contributed by atoms with Gasteiger partial charge in [-0.3, -0.25) is 9.69 Å². The summed E-state index contributed by atoms with van der Waals surface area (Å²) >= 11 is 0. The standard InChI is InChI=1S/C27H33F4N5O2/c1-16-14-35(17(2)13-34(16)18(3)20-9-8-19(28)11-21(20)27(29,30)31)22-12-24(37)33(4)23-15-36(32-26(22)23)25-7-5-6-10-38-25/h8-9,11-12,15-18,25H,5-7,10,13-14H2,1-4H3/t16-,17+,18?,25?/m1/s1/i4D3. The number of rotatable bonds is 4. The fourth-order valence-electron chi connectivity index (χ4n) is 5.74. The van der Waals surface area contributed by atoms with Crippen LogP contribution in [0, 0.1) is 5.82 Å². The van der Waals surface area contributed by atoms with Crippen LogP contribution in [0.1, 0.15) is 67.5 Å². The molecule has 206 valence electrons. The molecule has 38 heavy (non-hydrogen) atoms. The van der Waals surface area contributed by atoms with E-state index in [1.807, 2.05) is 23.6 Å². The first-order valence-electron chi connectivity index (χ1n) is 14.3. The average molecular weight is 539 g/mol. The largest absolute Gasteiger partial charge is 0.416 e. The maximum Gasteiger partial charge on any atom is 0.416 e. The molecular formula is C27H33F4N5O2. The van der Waals surface area contributed by atoms with Gasteiger partial charge in [-0.25, -0.2) is 9.07 Å². The fraction of sp³-hybridized carbons (Fsp3) is 0.556. The number of aryl methyl sites for hydroxylation is 1. The predicted molar refractivity (Wildman–Crippen MR) is 137 cm³/mol. The summed E-state index contributed by atoms with van der Waals surface area (Å²) in [6.07, 6.45) is -0.989. The highest BCUT2D eigenvalue weighted by Crippen LogP contribution is 2.39. The van der Waals surface area contributed by atoms with Crippen molar-refractivity contribution in [3.63, 3.8) is 0 Å². The molecule has 2 aliphatic rings. The molecule has 0 aliphatic carbocycles. The van der Waals surface area contributed by atoms with E-state index in [1.165, 1.54) is 12.1 Å². The topological polar surface area (TPSA) is 55.5 Å². The summed E-state index contributed by atoms with van der Waals surface area (Å²) in [5.41, 5.74) is -0.748. The molecule has 0 N–H and O–H groups in total. The Bertz CT molecular complexity index is 1480. The van der Waals surface area contributed by atoms with Crippen LogP contribution in [-0.4, -0.2) is 51.0 Å². The Morgan fingerprint density at radius 1 is 1.16 bits per heavy atom. The SMILES string of the molecule is [2H]C([2H])([2H])n1c(=O)cc(N2C[C@@H](C)N(C(C)c3ccc(F)cc3C(F)(F)F)C[C@@H]2C)c2nn(C3CCCCO3)cc21. The molecule has 0 amide bonds. The lowest BCUT2D eigenvalue weighted by Gasteiger charge is -2.48. The van der Waals surface area contributed by atoms with Gasteiger partial charge in [-0.15, -0.1) is 0 Å². The first-order chi connectivity index (χ1) is 19.2. The number of ether oxygens (including phenoxy) is 1. The zero-order valence-electron chi connectivity index (χ0n) is 24.5. The van der Waals surface area contributed by atoms with Crippen molar-refractivity contribution < 1.29 is 26.4 Å². The molecule has 0 spiro atoms. The number of hydrogen-bond donors (Lipinski definition) is 0. The van der Waals surface area contributed by atoms with Gasteiger partial charge < -0.3 is 14.2 Å². The molecule has 2 fully saturated rings. The van der Waals surface area contributed by atoms with Crippen molar-refractivity contribution in [2.45, 2.75) is 70.6 Å². The highest BCUT2D eigenvalue weighted by Gasteiger charge is 2.39. The Labute approximate surface area is 222 Å². The third-order valence-corrected chi connectivity index (χ3v) is 7.74. The molecule has 2 aliphatic heterocycles. The van der Waals surface area contributed by atoms with Crippen molar-refractivity contribution in [3.05, 3.63) is 57.8 Å². The molecule has 0 radical (unpaired) electrons. The number of aromatic nitrogens is 3. The number of nitrogens with zero attached hydrogens (tertiary/aromatic N) is 5. The van der Waals surface area contributed by atoms with E-state index in [4.69, 9.17) is 13.9 Å². The van der Waals surface area contributed by atoms with Crippen LogP contribution in [0.15, 0.2) is 35.3 Å². The minimum atomic E-state index is -4.71. The molecule has 4 heterocycles. The van der Waals surface area contributed by atoms with Crippen LogP contribution in [0.2, 0.25) is 0 Å². The molecule has 0 bridgehead atoms. The van der Waals surface area contributed by atoms with E-state index in [2.05, 4.69) is 0 Å². The van der Waals surface area contributed by atoms with Gasteiger partial charge in [0.2, 0.25) is 0 Å². The van der Waals surface area contributed by atoms with E-state index >= 15 is 0 Å². The Kier molecular flexibility index (Phi) is 6.05. The van der Waals surface area contributed by atoms with E-state index in [9.17, 15) is 22.4 Å². The van der Waals surface area contributed by atoms with Crippen LogP contribution in [-0.2, 0) is 17.9 Å². The van der Waals surface area contributed by atoms with Crippen molar-refractivity contribution >= 4 is 16.7 Å². The molecule has 5 rings (SSSR count). The molecule has 2 saturated heterocycles. The number of alkyl halides is 3. The van der Waals surface area contributed by atoms with Crippen molar-refractivity contribution in [2.24, 2.45) is 6.98 Å². The number of pyridine rings is 1. The summed E-state index contributed by atoms with van der Waals surface area (Å²) in [5, 5.41) is 4.70. The summed E-state index contributed by atoms with van der Waals surface area (Å²) in [6.45, 7) is 3.94. The Morgan fingerprint density at radius 3 is 2.63 bits per heavy atom. The molecule has 0 saturated carbocycles. The van der Waals surface area contributed by atoms with Gasteiger partial charge in [-0.2, -0.15) is 18.3 Å². The summed E-state index contributed by atoms with van der Waals surface area (Å²) in [6, 6.07) is 2.82. The maximum atomic E-state index is 13.8. The van der Waals surface area contributed by atoms with Crippen molar-refractivity contribution in [2.75, 3.05) is 24.6 Å². The van der Waals surface area contributed by atoms with E-state index in [0.717, 1.165) is 23.5 Å². The van der Waals surface area contributed by atoms with Crippen LogP contribution >= 0.6 is 0 Å². The monoisotopic (exact) mass is 538 g/mol. The highest BCUT2D eigenvalue weighted by atomic mass is 19.4.